The second-order valence-corrected chi connectivity index (χ2v) is 23.8. The van der Waals surface area contributed by atoms with E-state index >= 15 is 0 Å². The molecule has 7 rings (SSSR count). The average Bonchev–Trinajstić information content (AvgIpc) is 3.69. The first-order chi connectivity index (χ1) is 22.0. The number of fused-ring (bicyclic) bond motifs is 3. The van der Waals surface area contributed by atoms with Crippen LogP contribution in [-0.2, 0) is 26.5 Å². The van der Waals surface area contributed by atoms with Crippen LogP contribution < -0.4 is 4.40 Å². The molecule has 0 saturated heterocycles. The zero-order chi connectivity index (χ0) is 32.5. The normalized spacial score (nSPS) is 14.1. The molecule has 0 unspecified atom stereocenters. The first-order valence-corrected chi connectivity index (χ1v) is 23.1. The molecule has 0 atom stereocenters. The van der Waals surface area contributed by atoms with Crippen LogP contribution in [0.3, 0.4) is 0 Å². The Bertz CT molecular complexity index is 1980. The van der Waals surface area contributed by atoms with Crippen LogP contribution in [0.5, 0.6) is 0 Å². The van der Waals surface area contributed by atoms with Crippen molar-refractivity contribution in [2.75, 3.05) is 0 Å². The molecule has 0 N–H and O–H groups in total. The molecule has 239 valence electrons. The van der Waals surface area contributed by atoms with Crippen LogP contribution in [0.1, 0.15) is 57.9 Å². The number of furan rings is 1. The van der Waals surface area contributed by atoms with E-state index in [1.807, 2.05) is 74.6 Å². The predicted molar refractivity (Wildman–Crippen MR) is 185 cm³/mol. The Labute approximate surface area is 289 Å². The van der Waals surface area contributed by atoms with Gasteiger partial charge in [-0.2, -0.15) is 0 Å². The Kier molecular flexibility index (Phi) is 10.5. The molecule has 1 radical (unpaired) electrons. The Balaban J connectivity index is 0.000000188. The van der Waals surface area contributed by atoms with Gasteiger partial charge in [0.1, 0.15) is 5.82 Å². The Morgan fingerprint density at radius 1 is 0.935 bits per heavy atom. The maximum atomic E-state index is 14.3. The van der Waals surface area contributed by atoms with E-state index < -0.39 is 19.2 Å². The number of hydrogen-bond donors (Lipinski definition) is 0. The van der Waals surface area contributed by atoms with E-state index in [9.17, 15) is 4.39 Å². The van der Waals surface area contributed by atoms with Crippen molar-refractivity contribution in [3.05, 3.63) is 108 Å². The van der Waals surface area contributed by atoms with Gasteiger partial charge < -0.3 is 9.40 Å². The van der Waals surface area contributed by atoms with Crippen LogP contribution >= 0.6 is 0 Å². The van der Waals surface area contributed by atoms with Crippen molar-refractivity contribution in [1.82, 2.24) is 15.0 Å². The molecule has 0 bridgehead atoms. The number of pyridine rings is 3. The van der Waals surface area contributed by atoms with Crippen LogP contribution in [0.15, 0.2) is 83.7 Å². The maximum Gasteiger partial charge on any atom is 0 e. The number of benzene rings is 2. The van der Waals surface area contributed by atoms with Crippen LogP contribution in [0.4, 0.5) is 4.39 Å². The molecule has 0 aliphatic heterocycles. The summed E-state index contributed by atoms with van der Waals surface area (Å²) in [6.45, 7) is 3.91. The summed E-state index contributed by atoms with van der Waals surface area (Å²) in [6, 6.07) is 26.0. The van der Waals surface area contributed by atoms with Gasteiger partial charge in [-0.15, -0.1) is 23.8 Å². The molecule has 1 fully saturated rings. The third-order valence-electron chi connectivity index (χ3n) is 8.61. The summed E-state index contributed by atoms with van der Waals surface area (Å²) in [5.41, 5.74) is 6.73. The van der Waals surface area contributed by atoms with E-state index in [1.165, 1.54) is 36.3 Å². The number of hydrogen-bond acceptors (Lipinski definition) is 4. The van der Waals surface area contributed by atoms with Crippen molar-refractivity contribution < 1.29 is 30.3 Å². The molecule has 0 spiro atoms. The fourth-order valence-corrected chi connectivity index (χ4v) is 9.50. The second kappa shape index (κ2) is 14.7. The van der Waals surface area contributed by atoms with Crippen molar-refractivity contribution in [2.45, 2.75) is 69.1 Å². The number of nitrogens with zero attached hydrogens (tertiary/aromatic N) is 3. The van der Waals surface area contributed by atoms with E-state index in [1.54, 1.807) is 6.20 Å². The Hall–Kier alpha value is -3.19. The summed E-state index contributed by atoms with van der Waals surface area (Å²) >= 11 is -2.03. The molecular weight excluding hydrogens is 810 g/mol. The van der Waals surface area contributed by atoms with Crippen LogP contribution in [0.2, 0.25) is 17.3 Å². The Morgan fingerprint density at radius 2 is 1.70 bits per heavy atom. The van der Waals surface area contributed by atoms with E-state index in [0.717, 1.165) is 56.4 Å². The molecule has 2 aromatic carbocycles. The molecule has 7 heteroatoms. The van der Waals surface area contributed by atoms with E-state index in [0.29, 0.717) is 11.6 Å². The topological polar surface area (TPSA) is 51.8 Å². The van der Waals surface area contributed by atoms with Gasteiger partial charge in [-0.05, 0) is 35.7 Å². The molecule has 46 heavy (non-hydrogen) atoms. The minimum atomic E-state index is -2.03. The zero-order valence-electron chi connectivity index (χ0n) is 28.1. The van der Waals surface area contributed by atoms with Gasteiger partial charge in [0.15, 0.2) is 0 Å². The van der Waals surface area contributed by atoms with E-state index in [2.05, 4.69) is 50.4 Å². The number of aromatic nitrogens is 3. The summed E-state index contributed by atoms with van der Waals surface area (Å²) in [5, 5.41) is 1.94. The molecule has 0 amide bonds. The first-order valence-electron chi connectivity index (χ1n) is 16.3. The van der Waals surface area contributed by atoms with Crippen molar-refractivity contribution >= 4 is 39.7 Å². The number of halogens is 1. The van der Waals surface area contributed by atoms with Crippen molar-refractivity contribution in [1.29, 1.82) is 0 Å². The summed E-state index contributed by atoms with van der Waals surface area (Å²) in [5.74, 6) is 6.83. The van der Waals surface area contributed by atoms with Crippen molar-refractivity contribution in [3.8, 4) is 22.5 Å². The predicted octanol–water partition coefficient (Wildman–Crippen LogP) is 9.93. The smallest absolute Gasteiger partial charge is 0 e. The van der Waals surface area contributed by atoms with Gasteiger partial charge in [0.05, 0.1) is 11.8 Å². The molecule has 6 aromatic rings. The zero-order valence-corrected chi connectivity index (χ0v) is 31.6. The van der Waals surface area contributed by atoms with Gasteiger partial charge in [0, 0.05) is 31.7 Å². The second-order valence-electron chi connectivity index (χ2n) is 13.2. The standard InChI is InChI=1S/C22H18FN2O.C17H22GeN.Ir/c23-19-13-25-20(12-16(19)10-14-4-1-2-5-14)15-7-8-21-18(11-15)17-6-3-9-24-22(17)26-21;1-13(2)15-11-17(14-9-7-6-8-10-14)19-12-16(15)18(3,4)5;/h3,6,8-9,11-14H,1-2,4-5,10H2;6-9,11-13H,1-5H3;/q2*-1;/i;13D;. The fourth-order valence-electron chi connectivity index (χ4n) is 6.18. The minimum absolute atomic E-state index is 0. The first kappa shape index (κ1) is 32.7. The van der Waals surface area contributed by atoms with Crippen LogP contribution in [0.25, 0.3) is 44.6 Å². The molecule has 4 aromatic heterocycles. The van der Waals surface area contributed by atoms with Gasteiger partial charge in [-0.25, -0.2) is 9.37 Å². The van der Waals surface area contributed by atoms with Crippen molar-refractivity contribution in [2.24, 2.45) is 5.92 Å². The van der Waals surface area contributed by atoms with Crippen LogP contribution in [-0.4, -0.2) is 28.2 Å². The monoisotopic (exact) mass is 853 g/mol. The largest absolute Gasteiger partial charge is 0 e. The molecule has 4 heterocycles. The van der Waals surface area contributed by atoms with Gasteiger partial charge in [0.2, 0.25) is 5.71 Å². The molecule has 1 aliphatic carbocycles. The third-order valence-corrected chi connectivity index (χ3v) is 12.8. The SMILES string of the molecule is Fc1cnc(-c2[c-]cc3oc4ncccc4c3c2)cc1CC1CCCC1.[2H]C(C)(C)c1cc(-c2[c-]cccc2)nc[c]1[Ge]([CH3])([CH3])[CH3].[Ir]. The summed E-state index contributed by atoms with van der Waals surface area (Å²) in [6.07, 6.45) is 10.8. The summed E-state index contributed by atoms with van der Waals surface area (Å²) in [4.78, 5) is 13.2. The van der Waals surface area contributed by atoms with Crippen LogP contribution in [0, 0.1) is 23.9 Å². The molecule has 1 aliphatic rings. The fraction of sp³-hybridized carbons (Fsp3) is 0.308. The van der Waals surface area contributed by atoms with Gasteiger partial charge in [-0.1, -0.05) is 37.1 Å². The van der Waals surface area contributed by atoms with Gasteiger partial charge >= 0.3 is 120 Å². The number of rotatable bonds is 6. The quantitative estimate of drug-likeness (QED) is 0.124. The van der Waals surface area contributed by atoms with Gasteiger partial charge in [0.25, 0.3) is 0 Å². The molecule has 4 nitrogen and oxygen atoms in total. The minimum Gasteiger partial charge on any atom is 0 e. The summed E-state index contributed by atoms with van der Waals surface area (Å²) in [7, 11) is 0. The van der Waals surface area contributed by atoms with E-state index in [-0.39, 0.29) is 25.9 Å². The van der Waals surface area contributed by atoms with E-state index in [4.69, 9.17) is 5.79 Å². The molecular formula is C39H40FGeIrN3O-2. The Morgan fingerprint density at radius 3 is 2.41 bits per heavy atom. The van der Waals surface area contributed by atoms with Crippen molar-refractivity contribution in [3.63, 3.8) is 0 Å². The van der Waals surface area contributed by atoms with Gasteiger partial charge in [-0.3, -0.25) is 0 Å². The third kappa shape index (κ3) is 7.67. The average molecular weight is 852 g/mol. The molecule has 1 saturated carbocycles. The maximum absolute atomic E-state index is 14.3. The summed E-state index contributed by atoms with van der Waals surface area (Å²) < 4.78 is 29.8.